The summed E-state index contributed by atoms with van der Waals surface area (Å²) in [7, 11) is 2.63. The third-order valence-electron chi connectivity index (χ3n) is 4.45. The van der Waals surface area contributed by atoms with Gasteiger partial charge in [-0.15, -0.1) is 0 Å². The maximum atomic E-state index is 12.7. The number of nitrogens with zero attached hydrogens (tertiary/aromatic N) is 2. The summed E-state index contributed by atoms with van der Waals surface area (Å²) in [5, 5.41) is 0. The van der Waals surface area contributed by atoms with Gasteiger partial charge in [0.25, 0.3) is 5.91 Å². The highest BCUT2D eigenvalue weighted by Gasteiger charge is 2.18. The molecule has 7 nitrogen and oxygen atoms in total. The van der Waals surface area contributed by atoms with Gasteiger partial charge in [0, 0.05) is 5.92 Å². The van der Waals surface area contributed by atoms with Crippen LogP contribution in [-0.4, -0.2) is 36.6 Å². The molecule has 0 radical (unpaired) electrons. The van der Waals surface area contributed by atoms with E-state index < -0.39 is 11.9 Å². The van der Waals surface area contributed by atoms with Gasteiger partial charge >= 0.3 is 11.9 Å². The van der Waals surface area contributed by atoms with Crippen molar-refractivity contribution in [3.63, 3.8) is 0 Å². The molecule has 28 heavy (non-hydrogen) atoms. The fourth-order valence-electron chi connectivity index (χ4n) is 3.02. The molecule has 2 aromatic rings. The van der Waals surface area contributed by atoms with Crippen molar-refractivity contribution in [1.82, 2.24) is 4.57 Å². The van der Waals surface area contributed by atoms with E-state index in [1.807, 2.05) is 13.8 Å². The second-order valence-corrected chi connectivity index (χ2v) is 7.45. The first kappa shape index (κ1) is 21.8. The minimum atomic E-state index is -0.449. The first-order chi connectivity index (χ1) is 13.4. The molecular formula is C20H26N2O5S. The quantitative estimate of drug-likeness (QED) is 0.628. The molecule has 0 aliphatic heterocycles. The minimum Gasteiger partial charge on any atom is -0.468 e. The Balaban J connectivity index is 2.57. The van der Waals surface area contributed by atoms with Crippen LogP contribution in [0.3, 0.4) is 0 Å². The number of esters is 2. The van der Waals surface area contributed by atoms with Crippen molar-refractivity contribution in [2.75, 3.05) is 14.2 Å². The van der Waals surface area contributed by atoms with E-state index in [-0.39, 0.29) is 18.4 Å². The second-order valence-electron chi connectivity index (χ2n) is 6.45. The Labute approximate surface area is 168 Å². The number of thiazole rings is 1. The Kier molecular flexibility index (Phi) is 7.92. The van der Waals surface area contributed by atoms with Crippen molar-refractivity contribution in [3.8, 4) is 0 Å². The van der Waals surface area contributed by atoms with E-state index >= 15 is 0 Å². The Morgan fingerprint density at radius 1 is 1.11 bits per heavy atom. The van der Waals surface area contributed by atoms with Crippen LogP contribution in [0.25, 0.3) is 10.2 Å². The number of ether oxygens (including phenoxy) is 2. The second kappa shape index (κ2) is 10.2. The number of benzene rings is 1. The summed E-state index contributed by atoms with van der Waals surface area (Å²) in [4.78, 5) is 41.2. The Hall–Kier alpha value is -2.48. The summed E-state index contributed by atoms with van der Waals surface area (Å²) in [5.74, 6) is -1.20. The molecule has 0 unspecified atom stereocenters. The molecule has 0 bridgehead atoms. The highest BCUT2D eigenvalue weighted by Crippen LogP contribution is 2.21. The maximum Gasteiger partial charge on any atom is 0.337 e. The number of methoxy groups -OCH3 is 2. The lowest BCUT2D eigenvalue weighted by molar-refractivity contribution is -0.141. The molecule has 0 atom stereocenters. The molecule has 0 saturated carbocycles. The van der Waals surface area contributed by atoms with Gasteiger partial charge in [-0.05, 0) is 31.0 Å². The number of hydrogen-bond donors (Lipinski definition) is 0. The van der Waals surface area contributed by atoms with Gasteiger partial charge < -0.3 is 14.0 Å². The molecule has 2 rings (SSSR count). The maximum absolute atomic E-state index is 12.7. The van der Waals surface area contributed by atoms with E-state index in [0.29, 0.717) is 15.9 Å². The van der Waals surface area contributed by atoms with Gasteiger partial charge in [-0.25, -0.2) is 4.79 Å². The van der Waals surface area contributed by atoms with Crippen molar-refractivity contribution in [2.24, 2.45) is 10.9 Å². The lowest BCUT2D eigenvalue weighted by atomic mass is 9.98. The van der Waals surface area contributed by atoms with Gasteiger partial charge in [0.05, 0.1) is 30.0 Å². The van der Waals surface area contributed by atoms with Crippen LogP contribution in [0.4, 0.5) is 0 Å². The summed E-state index contributed by atoms with van der Waals surface area (Å²) in [6.07, 6.45) is 3.38. The zero-order valence-corrected chi connectivity index (χ0v) is 17.5. The molecule has 0 fully saturated rings. The smallest absolute Gasteiger partial charge is 0.337 e. The summed E-state index contributed by atoms with van der Waals surface area (Å²) >= 11 is 1.26. The first-order valence-electron chi connectivity index (χ1n) is 9.32. The van der Waals surface area contributed by atoms with Crippen molar-refractivity contribution in [1.29, 1.82) is 0 Å². The zero-order valence-electron chi connectivity index (χ0n) is 16.7. The molecule has 0 aliphatic rings. The van der Waals surface area contributed by atoms with Gasteiger partial charge in [-0.2, -0.15) is 4.99 Å². The van der Waals surface area contributed by atoms with Crippen molar-refractivity contribution < 1.29 is 23.9 Å². The summed E-state index contributed by atoms with van der Waals surface area (Å²) in [6.45, 7) is 4.02. The number of rotatable bonds is 8. The number of carbonyl (C=O) groups excluding carboxylic acids is 3. The Bertz CT molecular complexity index is 922. The number of carbonyl (C=O) groups is 3. The average molecular weight is 407 g/mol. The van der Waals surface area contributed by atoms with E-state index in [1.54, 1.807) is 22.8 Å². The van der Waals surface area contributed by atoms with Crippen LogP contribution in [0.2, 0.25) is 0 Å². The molecule has 0 N–H and O–H groups in total. The highest BCUT2D eigenvalue weighted by atomic mass is 32.1. The third-order valence-corrected chi connectivity index (χ3v) is 5.49. The van der Waals surface area contributed by atoms with E-state index in [9.17, 15) is 14.4 Å². The number of hydrogen-bond acceptors (Lipinski definition) is 6. The van der Waals surface area contributed by atoms with Gasteiger partial charge in [0.15, 0.2) is 4.80 Å². The van der Waals surface area contributed by atoms with Gasteiger partial charge in [-0.3, -0.25) is 9.59 Å². The van der Waals surface area contributed by atoms with Crippen LogP contribution < -0.4 is 4.80 Å². The molecule has 0 spiro atoms. The van der Waals surface area contributed by atoms with Crippen LogP contribution in [0.1, 0.15) is 49.9 Å². The highest BCUT2D eigenvalue weighted by molar-refractivity contribution is 7.16. The molecule has 8 heteroatoms. The van der Waals surface area contributed by atoms with Gasteiger partial charge in [0.1, 0.15) is 6.54 Å². The largest absolute Gasteiger partial charge is 0.468 e. The average Bonchev–Trinajstić information content (AvgIpc) is 3.03. The molecule has 1 amide bonds. The molecular weight excluding hydrogens is 380 g/mol. The van der Waals surface area contributed by atoms with E-state index in [2.05, 4.69) is 4.99 Å². The molecule has 1 heterocycles. The fourth-order valence-corrected chi connectivity index (χ4v) is 4.10. The van der Waals surface area contributed by atoms with Crippen molar-refractivity contribution in [3.05, 3.63) is 28.6 Å². The van der Waals surface area contributed by atoms with Gasteiger partial charge in [0.2, 0.25) is 0 Å². The topological polar surface area (TPSA) is 87.0 Å². The Morgan fingerprint density at radius 2 is 1.79 bits per heavy atom. The predicted octanol–water partition coefficient (Wildman–Crippen LogP) is 3.31. The monoisotopic (exact) mass is 406 g/mol. The first-order valence-corrected chi connectivity index (χ1v) is 10.1. The summed E-state index contributed by atoms with van der Waals surface area (Å²) in [6, 6.07) is 5.02. The van der Waals surface area contributed by atoms with Crippen LogP contribution in [0, 0.1) is 5.92 Å². The number of aromatic nitrogens is 1. The molecule has 0 aliphatic carbocycles. The molecule has 1 aromatic carbocycles. The van der Waals surface area contributed by atoms with Crippen LogP contribution in [0.15, 0.2) is 23.2 Å². The third kappa shape index (κ3) is 5.07. The normalized spacial score (nSPS) is 11.8. The predicted molar refractivity (Wildman–Crippen MR) is 107 cm³/mol. The lowest BCUT2D eigenvalue weighted by Crippen LogP contribution is -2.24. The zero-order chi connectivity index (χ0) is 20.7. The van der Waals surface area contributed by atoms with Crippen molar-refractivity contribution in [2.45, 2.75) is 46.1 Å². The van der Waals surface area contributed by atoms with Crippen LogP contribution in [0.5, 0.6) is 0 Å². The summed E-state index contributed by atoms with van der Waals surface area (Å²) < 4.78 is 11.9. The molecule has 1 aromatic heterocycles. The van der Waals surface area contributed by atoms with Gasteiger partial charge in [-0.1, -0.05) is 38.0 Å². The van der Waals surface area contributed by atoms with E-state index in [1.165, 1.54) is 25.6 Å². The minimum absolute atomic E-state index is 0.0631. The number of fused-ring (bicyclic) bond motifs is 1. The SMILES string of the molecule is CCCC(CCC)C(=O)N=c1sc2cc(C(=O)OC)ccc2n1CC(=O)OC. The fraction of sp³-hybridized carbons (Fsp3) is 0.500. The standard InChI is InChI=1S/C20H26N2O5S/c1-5-7-13(8-6-2)18(24)21-20-22(12-17(23)26-3)15-10-9-14(19(25)27-4)11-16(15)28-20/h9-11,13H,5-8,12H2,1-4H3. The van der Waals surface area contributed by atoms with Crippen LogP contribution in [-0.2, 0) is 25.6 Å². The molecule has 152 valence electrons. The van der Waals surface area contributed by atoms with Crippen LogP contribution >= 0.6 is 11.3 Å². The summed E-state index contributed by atoms with van der Waals surface area (Å²) in [5.41, 5.74) is 1.10. The molecule has 0 saturated heterocycles. The Morgan fingerprint density at radius 3 is 2.36 bits per heavy atom. The van der Waals surface area contributed by atoms with E-state index in [4.69, 9.17) is 9.47 Å². The van der Waals surface area contributed by atoms with E-state index in [0.717, 1.165) is 30.4 Å². The lowest BCUT2D eigenvalue weighted by Gasteiger charge is -2.10. The number of amides is 1. The van der Waals surface area contributed by atoms with Crippen molar-refractivity contribution >= 4 is 39.4 Å².